The number of fused-ring (bicyclic) bond motifs is 3. The lowest BCUT2D eigenvalue weighted by atomic mass is 9.43. The molecule has 0 radical (unpaired) electrons. The number of aliphatic hydroxyl groups is 3. The normalized spacial score (nSPS) is 31.3. The van der Waals surface area contributed by atoms with Crippen LogP contribution in [0, 0.1) is 40.4 Å². The Hall–Kier alpha value is -3.37. The Morgan fingerprint density at radius 1 is 1.13 bits per heavy atom. The molecule has 1 fully saturated rings. The molecule has 1 saturated carbocycles. The number of hydrogen-bond acceptors (Lipinski definition) is 7. The van der Waals surface area contributed by atoms with Crippen molar-refractivity contribution in [1.82, 2.24) is 0 Å². The van der Waals surface area contributed by atoms with Crippen LogP contribution >= 0.6 is 0 Å². The number of phenolic OH excluding ortho intramolecular Hbond substituents is 1. The quantitative estimate of drug-likeness (QED) is 0.339. The van der Waals surface area contributed by atoms with E-state index in [1.165, 1.54) is 6.07 Å². The Labute approximate surface area is 223 Å². The first-order valence-corrected chi connectivity index (χ1v) is 13.1. The van der Waals surface area contributed by atoms with Gasteiger partial charge in [-0.15, -0.1) is 0 Å². The van der Waals surface area contributed by atoms with Gasteiger partial charge in [0.25, 0.3) is 0 Å². The number of benzene rings is 1. The molecule has 5 atom stereocenters. The molecule has 4 rings (SSSR count). The first kappa shape index (κ1) is 27.7. The lowest BCUT2D eigenvalue weighted by molar-refractivity contribution is -0.178. The van der Waals surface area contributed by atoms with E-state index in [2.05, 4.69) is 11.8 Å². The van der Waals surface area contributed by atoms with Gasteiger partial charge in [-0.2, -0.15) is 0 Å². The monoisotopic (exact) mass is 520 g/mol. The molecule has 202 valence electrons. The van der Waals surface area contributed by atoms with Crippen molar-refractivity contribution < 1.29 is 34.8 Å². The second-order valence-corrected chi connectivity index (χ2v) is 12.0. The molecule has 4 N–H and O–H groups in total. The van der Waals surface area contributed by atoms with E-state index >= 15 is 0 Å². The Morgan fingerprint density at radius 3 is 2.32 bits per heavy atom. The van der Waals surface area contributed by atoms with E-state index in [0.29, 0.717) is 11.1 Å². The zero-order valence-electron chi connectivity index (χ0n) is 23.0. The Kier molecular flexibility index (Phi) is 6.44. The number of rotatable bonds is 3. The fourth-order valence-corrected chi connectivity index (χ4v) is 7.14. The number of carbonyl (C=O) groups is 3. The Bertz CT molecular complexity index is 1400. The maximum Gasteiger partial charge on any atom is 0.203 e. The lowest BCUT2D eigenvalue weighted by Gasteiger charge is -2.59. The largest absolute Gasteiger partial charge is 0.508 e. The molecule has 3 aliphatic carbocycles. The molecule has 0 saturated heterocycles. The number of allylic oxidation sites excluding steroid dienone is 1. The summed E-state index contributed by atoms with van der Waals surface area (Å²) in [6.45, 7) is 12.1. The molecule has 38 heavy (non-hydrogen) atoms. The molecule has 0 amide bonds. The van der Waals surface area contributed by atoms with Gasteiger partial charge in [-0.25, -0.2) is 0 Å². The minimum Gasteiger partial charge on any atom is -0.508 e. The fraction of sp³-hybridized carbons (Fsp3) is 0.516. The molecule has 7 nitrogen and oxygen atoms in total. The SMILES string of the molecule is CCC(C)C#Cc1ccc(O)c2c1C[C@]1(C)C[C@]3(C)C(C(C)C)C(=O)C(C(C)=O)=C(O)[C@]3(O)C(=O)C1=C2O. The lowest BCUT2D eigenvalue weighted by Crippen LogP contribution is -2.69. The molecular formula is C31H36O7. The molecule has 0 aromatic heterocycles. The van der Waals surface area contributed by atoms with E-state index < -0.39 is 56.8 Å². The van der Waals surface area contributed by atoms with Gasteiger partial charge < -0.3 is 20.4 Å². The summed E-state index contributed by atoms with van der Waals surface area (Å²) in [5, 5.41) is 45.5. The van der Waals surface area contributed by atoms with E-state index in [1.54, 1.807) is 33.8 Å². The first-order chi connectivity index (χ1) is 17.6. The number of ketones is 3. The molecule has 1 aromatic carbocycles. The predicted octanol–water partition coefficient (Wildman–Crippen LogP) is 4.59. The second-order valence-electron chi connectivity index (χ2n) is 12.0. The average Bonchev–Trinajstić information content (AvgIpc) is 2.80. The molecule has 7 heteroatoms. The minimum atomic E-state index is -2.61. The summed E-state index contributed by atoms with van der Waals surface area (Å²) in [6.07, 6.45) is 1.12. The van der Waals surface area contributed by atoms with Crippen molar-refractivity contribution in [2.24, 2.45) is 28.6 Å². The summed E-state index contributed by atoms with van der Waals surface area (Å²) in [5.74, 6) is 1.15. The molecule has 0 aliphatic heterocycles. The molecule has 0 heterocycles. The van der Waals surface area contributed by atoms with Crippen molar-refractivity contribution >= 4 is 23.1 Å². The van der Waals surface area contributed by atoms with Gasteiger partial charge in [-0.3, -0.25) is 14.4 Å². The number of phenols is 1. The molecule has 1 aromatic rings. The third-order valence-electron chi connectivity index (χ3n) is 8.95. The first-order valence-electron chi connectivity index (χ1n) is 13.1. The van der Waals surface area contributed by atoms with Crippen LogP contribution in [0.3, 0.4) is 0 Å². The van der Waals surface area contributed by atoms with Crippen LogP contribution in [0.2, 0.25) is 0 Å². The summed E-state index contributed by atoms with van der Waals surface area (Å²) < 4.78 is 0. The van der Waals surface area contributed by atoms with Crippen LogP contribution in [-0.4, -0.2) is 43.4 Å². The van der Waals surface area contributed by atoms with Crippen LogP contribution in [0.4, 0.5) is 0 Å². The summed E-state index contributed by atoms with van der Waals surface area (Å²) in [4.78, 5) is 40.2. The Morgan fingerprint density at radius 2 is 1.76 bits per heavy atom. The number of Topliss-reactive ketones (excluding diaryl/α,β-unsaturated/α-hetero) is 3. The van der Waals surface area contributed by atoms with Gasteiger partial charge in [0.15, 0.2) is 17.2 Å². The highest BCUT2D eigenvalue weighted by Crippen LogP contribution is 2.65. The van der Waals surface area contributed by atoms with Gasteiger partial charge >= 0.3 is 0 Å². The van der Waals surface area contributed by atoms with E-state index in [9.17, 15) is 34.8 Å². The standard InChI is InChI=1S/C31H36O7/c1-8-16(4)9-10-18-11-12-20(33)22-19(18)13-29(6)14-30(7)23(15(2)3)25(34)21(17(5)32)27(36)31(30,38)28(37)24(29)26(22)35/h11-12,15-16,23,33,35-36,38H,8,13-14H2,1-7H3/t16?,23?,29-,30-,31+/m1/s1. The highest BCUT2D eigenvalue weighted by Gasteiger charge is 2.72. The number of carbonyl (C=O) groups excluding carboxylic acids is 3. The summed E-state index contributed by atoms with van der Waals surface area (Å²) >= 11 is 0. The van der Waals surface area contributed by atoms with Crippen LogP contribution in [0.15, 0.2) is 29.0 Å². The number of aliphatic hydroxyl groups excluding tert-OH is 2. The van der Waals surface area contributed by atoms with Crippen LogP contribution in [-0.2, 0) is 20.8 Å². The van der Waals surface area contributed by atoms with E-state index in [-0.39, 0.29) is 41.6 Å². The topological polar surface area (TPSA) is 132 Å². The molecule has 3 aliphatic rings. The average molecular weight is 521 g/mol. The maximum atomic E-state index is 14.3. The van der Waals surface area contributed by atoms with Crippen molar-refractivity contribution in [3.05, 3.63) is 45.7 Å². The van der Waals surface area contributed by atoms with E-state index in [1.807, 2.05) is 13.8 Å². The van der Waals surface area contributed by atoms with Gasteiger partial charge in [-0.1, -0.05) is 53.4 Å². The van der Waals surface area contributed by atoms with Crippen LogP contribution in [0.25, 0.3) is 5.76 Å². The van der Waals surface area contributed by atoms with Crippen LogP contribution in [0.1, 0.15) is 78.0 Å². The smallest absolute Gasteiger partial charge is 0.203 e. The van der Waals surface area contributed by atoms with Crippen molar-refractivity contribution in [1.29, 1.82) is 0 Å². The van der Waals surface area contributed by atoms with Gasteiger partial charge in [-0.05, 0) is 49.8 Å². The highest BCUT2D eigenvalue weighted by molar-refractivity contribution is 6.24. The van der Waals surface area contributed by atoms with Gasteiger partial charge in [0.1, 0.15) is 22.8 Å². The molecule has 0 bridgehead atoms. The third kappa shape index (κ3) is 3.50. The number of hydrogen-bond donors (Lipinski definition) is 4. The fourth-order valence-electron chi connectivity index (χ4n) is 7.14. The van der Waals surface area contributed by atoms with E-state index in [4.69, 9.17) is 0 Å². The van der Waals surface area contributed by atoms with Crippen molar-refractivity contribution in [3.63, 3.8) is 0 Å². The van der Waals surface area contributed by atoms with Crippen LogP contribution in [0.5, 0.6) is 5.75 Å². The van der Waals surface area contributed by atoms with Crippen molar-refractivity contribution in [2.45, 2.75) is 73.3 Å². The number of aromatic hydroxyl groups is 1. The summed E-state index contributed by atoms with van der Waals surface area (Å²) in [5.41, 5.74) is -4.60. The zero-order valence-corrected chi connectivity index (χ0v) is 23.0. The van der Waals surface area contributed by atoms with E-state index in [0.717, 1.165) is 13.3 Å². The predicted molar refractivity (Wildman–Crippen MR) is 142 cm³/mol. The third-order valence-corrected chi connectivity index (χ3v) is 8.95. The second kappa shape index (κ2) is 8.84. The van der Waals surface area contributed by atoms with Gasteiger partial charge in [0, 0.05) is 33.8 Å². The molecule has 0 spiro atoms. The summed E-state index contributed by atoms with van der Waals surface area (Å²) in [6, 6.07) is 3.09. The maximum absolute atomic E-state index is 14.3. The van der Waals surface area contributed by atoms with Gasteiger partial charge in [0.2, 0.25) is 5.78 Å². The molecular weight excluding hydrogens is 484 g/mol. The van der Waals surface area contributed by atoms with Crippen LogP contribution < -0.4 is 0 Å². The Balaban J connectivity index is 2.05. The van der Waals surface area contributed by atoms with Gasteiger partial charge in [0.05, 0.1) is 5.56 Å². The minimum absolute atomic E-state index is 0.0544. The zero-order chi connectivity index (χ0) is 28.5. The molecule has 2 unspecified atom stereocenters. The summed E-state index contributed by atoms with van der Waals surface area (Å²) in [7, 11) is 0. The van der Waals surface area contributed by atoms with Crippen molar-refractivity contribution in [2.75, 3.05) is 0 Å². The highest BCUT2D eigenvalue weighted by atomic mass is 16.3. The van der Waals surface area contributed by atoms with Crippen molar-refractivity contribution in [3.8, 4) is 17.6 Å².